The standard InChI is InChI=1S/C24H26N2O4S/c1-17(2)19-8-10-22(23(27)16-19)24(28)25-11-13-26(14-12-25)31(29,30)21-9-7-18-5-3-4-6-20(18)15-21/h3-10,15-17,27H,11-14H2,1-2H3. The van der Waals surface area contributed by atoms with E-state index in [9.17, 15) is 18.3 Å². The molecule has 0 aliphatic carbocycles. The summed E-state index contributed by atoms with van der Waals surface area (Å²) in [6, 6.07) is 17.9. The minimum absolute atomic E-state index is 0.0394. The van der Waals surface area contributed by atoms with Gasteiger partial charge >= 0.3 is 0 Å². The fraction of sp³-hybridized carbons (Fsp3) is 0.292. The van der Waals surface area contributed by atoms with E-state index >= 15 is 0 Å². The smallest absolute Gasteiger partial charge is 0.257 e. The maximum atomic E-state index is 13.1. The van der Waals surface area contributed by atoms with Crippen molar-refractivity contribution in [3.8, 4) is 5.75 Å². The van der Waals surface area contributed by atoms with Crippen LogP contribution >= 0.6 is 0 Å². The second kappa shape index (κ2) is 8.32. The van der Waals surface area contributed by atoms with Crippen LogP contribution in [0.4, 0.5) is 0 Å². The number of hydrogen-bond donors (Lipinski definition) is 1. The molecule has 3 aromatic carbocycles. The van der Waals surface area contributed by atoms with E-state index < -0.39 is 10.0 Å². The Kier molecular flexibility index (Phi) is 5.73. The molecule has 4 rings (SSSR count). The lowest BCUT2D eigenvalue weighted by Gasteiger charge is -2.34. The van der Waals surface area contributed by atoms with Gasteiger partial charge in [0.1, 0.15) is 5.75 Å². The van der Waals surface area contributed by atoms with Gasteiger partial charge in [0.25, 0.3) is 5.91 Å². The van der Waals surface area contributed by atoms with Crippen LogP contribution in [0.5, 0.6) is 5.75 Å². The Balaban J connectivity index is 1.48. The van der Waals surface area contributed by atoms with Gasteiger partial charge in [-0.25, -0.2) is 8.42 Å². The number of benzene rings is 3. The van der Waals surface area contributed by atoms with Crippen molar-refractivity contribution in [2.24, 2.45) is 0 Å². The third kappa shape index (κ3) is 4.16. The number of aromatic hydroxyl groups is 1. The van der Waals surface area contributed by atoms with Gasteiger partial charge in [-0.15, -0.1) is 0 Å². The molecule has 0 aromatic heterocycles. The Labute approximate surface area is 182 Å². The second-order valence-electron chi connectivity index (χ2n) is 8.14. The maximum absolute atomic E-state index is 13.1. The quantitative estimate of drug-likeness (QED) is 0.672. The molecule has 3 aromatic rings. The first-order valence-electron chi connectivity index (χ1n) is 10.4. The predicted octanol–water partition coefficient (Wildman–Crippen LogP) is 3.82. The number of amides is 1. The Morgan fingerprint density at radius 1 is 0.903 bits per heavy atom. The zero-order chi connectivity index (χ0) is 22.2. The molecular weight excluding hydrogens is 412 g/mol. The van der Waals surface area contributed by atoms with Gasteiger partial charge in [0, 0.05) is 26.2 Å². The fourth-order valence-electron chi connectivity index (χ4n) is 3.87. The molecule has 0 bridgehead atoms. The van der Waals surface area contributed by atoms with Crippen LogP contribution in [0.15, 0.2) is 65.6 Å². The Hall–Kier alpha value is -2.90. The first kappa shape index (κ1) is 21.3. The lowest BCUT2D eigenvalue weighted by Crippen LogP contribution is -2.50. The van der Waals surface area contributed by atoms with Crippen LogP contribution in [0.2, 0.25) is 0 Å². The molecule has 1 aliphatic rings. The Morgan fingerprint density at radius 2 is 1.58 bits per heavy atom. The normalized spacial score (nSPS) is 15.5. The van der Waals surface area contributed by atoms with Crippen molar-refractivity contribution < 1.29 is 18.3 Å². The zero-order valence-corrected chi connectivity index (χ0v) is 18.5. The highest BCUT2D eigenvalue weighted by atomic mass is 32.2. The van der Waals surface area contributed by atoms with E-state index in [0.717, 1.165) is 16.3 Å². The van der Waals surface area contributed by atoms with Gasteiger partial charge in [-0.05, 0) is 46.5 Å². The van der Waals surface area contributed by atoms with Crippen molar-refractivity contribution in [1.82, 2.24) is 9.21 Å². The minimum atomic E-state index is -3.64. The van der Waals surface area contributed by atoms with Gasteiger partial charge in [0.05, 0.1) is 10.5 Å². The summed E-state index contributed by atoms with van der Waals surface area (Å²) >= 11 is 0. The van der Waals surface area contributed by atoms with Gasteiger partial charge in [0.15, 0.2) is 0 Å². The molecule has 1 heterocycles. The van der Waals surface area contributed by atoms with Gasteiger partial charge in [-0.1, -0.05) is 50.2 Å². The number of fused-ring (bicyclic) bond motifs is 1. The van der Waals surface area contributed by atoms with Crippen LogP contribution in [0, 0.1) is 0 Å². The lowest BCUT2D eigenvalue weighted by atomic mass is 10.0. The number of rotatable bonds is 4. The van der Waals surface area contributed by atoms with Crippen molar-refractivity contribution in [2.45, 2.75) is 24.7 Å². The van der Waals surface area contributed by atoms with Crippen LogP contribution in [0.1, 0.15) is 35.7 Å². The highest BCUT2D eigenvalue weighted by molar-refractivity contribution is 7.89. The second-order valence-corrected chi connectivity index (χ2v) is 10.1. The van der Waals surface area contributed by atoms with Gasteiger partial charge in [0.2, 0.25) is 10.0 Å². The maximum Gasteiger partial charge on any atom is 0.257 e. The zero-order valence-electron chi connectivity index (χ0n) is 17.7. The van der Waals surface area contributed by atoms with Gasteiger partial charge in [-0.2, -0.15) is 4.31 Å². The first-order valence-corrected chi connectivity index (χ1v) is 11.8. The van der Waals surface area contributed by atoms with E-state index in [1.165, 1.54) is 4.31 Å². The average Bonchev–Trinajstić information content (AvgIpc) is 2.78. The third-order valence-electron chi connectivity index (χ3n) is 5.80. The molecule has 0 spiro atoms. The fourth-order valence-corrected chi connectivity index (χ4v) is 5.33. The average molecular weight is 439 g/mol. The molecule has 162 valence electrons. The summed E-state index contributed by atoms with van der Waals surface area (Å²) < 4.78 is 27.6. The summed E-state index contributed by atoms with van der Waals surface area (Å²) in [7, 11) is -3.64. The molecule has 0 unspecified atom stereocenters. The summed E-state index contributed by atoms with van der Waals surface area (Å²) in [4.78, 5) is 14.7. The predicted molar refractivity (Wildman–Crippen MR) is 121 cm³/mol. The summed E-state index contributed by atoms with van der Waals surface area (Å²) in [6.45, 7) is 5.02. The number of phenols is 1. The van der Waals surface area contributed by atoms with Gasteiger partial charge in [-0.3, -0.25) is 4.79 Å². The summed E-state index contributed by atoms with van der Waals surface area (Å²) in [5.74, 6) is -0.0723. The molecule has 6 nitrogen and oxygen atoms in total. The monoisotopic (exact) mass is 438 g/mol. The van der Waals surface area contributed by atoms with Crippen molar-refractivity contribution >= 4 is 26.7 Å². The number of carbonyl (C=O) groups excluding carboxylic acids is 1. The highest BCUT2D eigenvalue weighted by Gasteiger charge is 2.31. The molecule has 1 aliphatic heterocycles. The number of sulfonamides is 1. The first-order chi connectivity index (χ1) is 14.8. The van der Waals surface area contributed by atoms with Crippen molar-refractivity contribution in [3.63, 3.8) is 0 Å². The van der Waals surface area contributed by atoms with Crippen LogP contribution < -0.4 is 0 Å². The third-order valence-corrected chi connectivity index (χ3v) is 7.70. The topological polar surface area (TPSA) is 77.9 Å². The molecule has 1 saturated heterocycles. The number of piperazine rings is 1. The van der Waals surface area contributed by atoms with E-state index in [0.29, 0.717) is 0 Å². The van der Waals surface area contributed by atoms with E-state index in [1.807, 2.05) is 50.2 Å². The molecule has 0 saturated carbocycles. The van der Waals surface area contributed by atoms with E-state index in [2.05, 4.69) is 0 Å². The van der Waals surface area contributed by atoms with Gasteiger partial charge < -0.3 is 10.0 Å². The van der Waals surface area contributed by atoms with E-state index in [4.69, 9.17) is 0 Å². The molecular formula is C24H26N2O4S. The molecule has 0 atom stereocenters. The Bertz CT molecular complexity index is 1230. The minimum Gasteiger partial charge on any atom is -0.507 e. The SMILES string of the molecule is CC(C)c1ccc(C(=O)N2CCN(S(=O)(=O)c3ccc4ccccc4c3)CC2)c(O)c1. The van der Waals surface area contributed by atoms with Crippen LogP contribution in [-0.2, 0) is 10.0 Å². The largest absolute Gasteiger partial charge is 0.507 e. The van der Waals surface area contributed by atoms with Crippen LogP contribution in [0.3, 0.4) is 0 Å². The summed E-state index contributed by atoms with van der Waals surface area (Å²) in [5.41, 5.74) is 1.20. The number of nitrogens with zero attached hydrogens (tertiary/aromatic N) is 2. The summed E-state index contributed by atoms with van der Waals surface area (Å²) in [6.07, 6.45) is 0. The van der Waals surface area contributed by atoms with Crippen molar-refractivity contribution in [1.29, 1.82) is 0 Å². The van der Waals surface area contributed by atoms with Crippen molar-refractivity contribution in [2.75, 3.05) is 26.2 Å². The molecule has 7 heteroatoms. The number of hydrogen-bond acceptors (Lipinski definition) is 4. The van der Waals surface area contributed by atoms with Crippen LogP contribution in [0.25, 0.3) is 10.8 Å². The molecule has 1 N–H and O–H groups in total. The Morgan fingerprint density at radius 3 is 2.23 bits per heavy atom. The van der Waals surface area contributed by atoms with E-state index in [1.54, 1.807) is 29.2 Å². The summed E-state index contributed by atoms with van der Waals surface area (Å²) in [5, 5.41) is 12.2. The molecule has 31 heavy (non-hydrogen) atoms. The van der Waals surface area contributed by atoms with Crippen LogP contribution in [-0.4, -0.2) is 54.8 Å². The van der Waals surface area contributed by atoms with E-state index in [-0.39, 0.29) is 54.2 Å². The molecule has 1 amide bonds. The molecule has 0 radical (unpaired) electrons. The number of carbonyl (C=O) groups is 1. The number of phenolic OH excluding ortho intramolecular Hbond substituents is 1. The lowest BCUT2D eigenvalue weighted by molar-refractivity contribution is 0.0695. The highest BCUT2D eigenvalue weighted by Crippen LogP contribution is 2.26. The van der Waals surface area contributed by atoms with Crippen molar-refractivity contribution in [3.05, 3.63) is 71.8 Å². The molecule has 1 fully saturated rings.